The van der Waals surface area contributed by atoms with Gasteiger partial charge in [-0.15, -0.1) is 11.6 Å². The molecule has 1 aliphatic rings. The van der Waals surface area contributed by atoms with Gasteiger partial charge in [0, 0.05) is 25.4 Å². The van der Waals surface area contributed by atoms with E-state index >= 15 is 0 Å². The third-order valence-corrected chi connectivity index (χ3v) is 2.42. The maximum absolute atomic E-state index is 11.4. The number of hydrogen-bond acceptors (Lipinski definition) is 1. The van der Waals surface area contributed by atoms with Crippen molar-refractivity contribution < 1.29 is 4.79 Å². The molecular formula is C8H14ClNO. The smallest absolute Gasteiger partial charge is 0.225 e. The summed E-state index contributed by atoms with van der Waals surface area (Å²) in [6.45, 7) is 0.677. The zero-order chi connectivity index (χ0) is 8.27. The number of amides is 1. The van der Waals surface area contributed by atoms with Gasteiger partial charge in [0.25, 0.3) is 0 Å². The van der Waals surface area contributed by atoms with Crippen LogP contribution in [0.3, 0.4) is 0 Å². The molecule has 2 nitrogen and oxygen atoms in total. The Morgan fingerprint density at radius 1 is 1.64 bits per heavy atom. The second-order valence-corrected chi connectivity index (χ2v) is 3.45. The van der Waals surface area contributed by atoms with Gasteiger partial charge >= 0.3 is 0 Å². The van der Waals surface area contributed by atoms with Gasteiger partial charge in [0.1, 0.15) is 0 Å². The summed E-state index contributed by atoms with van der Waals surface area (Å²) < 4.78 is 0. The predicted octanol–water partition coefficient (Wildman–Crippen LogP) is 1.48. The van der Waals surface area contributed by atoms with E-state index in [0.717, 1.165) is 12.8 Å². The fourth-order valence-corrected chi connectivity index (χ4v) is 1.46. The molecule has 1 fully saturated rings. The lowest BCUT2D eigenvalue weighted by Gasteiger charge is -2.28. The number of carbonyl (C=O) groups is 1. The Labute approximate surface area is 72.5 Å². The Morgan fingerprint density at radius 3 is 2.64 bits per heavy atom. The molecule has 3 heteroatoms. The van der Waals surface area contributed by atoms with Crippen LogP contribution in [0.1, 0.15) is 19.3 Å². The lowest BCUT2D eigenvalue weighted by molar-refractivity contribution is -0.136. The third-order valence-electron chi connectivity index (χ3n) is 2.25. The maximum Gasteiger partial charge on any atom is 0.225 e. The van der Waals surface area contributed by atoms with Crippen molar-refractivity contribution in [2.75, 3.05) is 19.5 Å². The minimum Gasteiger partial charge on any atom is -0.344 e. The van der Waals surface area contributed by atoms with E-state index in [1.807, 2.05) is 7.05 Å². The monoisotopic (exact) mass is 175 g/mol. The van der Waals surface area contributed by atoms with Crippen molar-refractivity contribution >= 4 is 17.5 Å². The van der Waals surface area contributed by atoms with E-state index in [-0.39, 0.29) is 5.91 Å². The average Bonchev–Trinajstić information content (AvgIpc) is 1.84. The predicted molar refractivity (Wildman–Crippen MR) is 45.7 cm³/mol. The molecule has 1 aliphatic carbocycles. The highest BCUT2D eigenvalue weighted by molar-refractivity contribution is 6.18. The van der Waals surface area contributed by atoms with Gasteiger partial charge in [-0.05, 0) is 12.8 Å². The highest BCUT2D eigenvalue weighted by atomic mass is 35.5. The molecule has 1 amide bonds. The SMILES string of the molecule is CN(CCCl)C(=O)C1CCC1. The van der Waals surface area contributed by atoms with Gasteiger partial charge in [-0.3, -0.25) is 4.79 Å². The lowest BCUT2D eigenvalue weighted by Crippen LogP contribution is -2.37. The summed E-state index contributed by atoms with van der Waals surface area (Å²) in [6, 6.07) is 0. The summed E-state index contributed by atoms with van der Waals surface area (Å²) in [5, 5.41) is 0. The first-order valence-electron chi connectivity index (χ1n) is 4.06. The van der Waals surface area contributed by atoms with Crippen LogP contribution < -0.4 is 0 Å². The summed E-state index contributed by atoms with van der Waals surface area (Å²) >= 11 is 5.51. The number of carbonyl (C=O) groups excluding carboxylic acids is 1. The summed E-state index contributed by atoms with van der Waals surface area (Å²) in [6.07, 6.45) is 3.36. The molecule has 0 saturated heterocycles. The molecule has 0 heterocycles. The van der Waals surface area contributed by atoms with Gasteiger partial charge < -0.3 is 4.90 Å². The van der Waals surface area contributed by atoms with Gasteiger partial charge in [0.05, 0.1) is 0 Å². The maximum atomic E-state index is 11.4. The van der Waals surface area contributed by atoms with Crippen LogP contribution in [-0.4, -0.2) is 30.3 Å². The number of halogens is 1. The first kappa shape index (κ1) is 8.85. The molecule has 64 valence electrons. The van der Waals surface area contributed by atoms with E-state index in [9.17, 15) is 4.79 Å². The second-order valence-electron chi connectivity index (χ2n) is 3.08. The van der Waals surface area contributed by atoms with Gasteiger partial charge in [-0.1, -0.05) is 6.42 Å². The highest BCUT2D eigenvalue weighted by Gasteiger charge is 2.27. The third kappa shape index (κ3) is 2.09. The first-order valence-corrected chi connectivity index (χ1v) is 4.60. The van der Waals surface area contributed by atoms with Crippen LogP contribution >= 0.6 is 11.6 Å². The standard InChI is InChI=1S/C8H14ClNO/c1-10(6-5-9)8(11)7-3-2-4-7/h7H,2-6H2,1H3. The Morgan fingerprint density at radius 2 is 2.27 bits per heavy atom. The van der Waals surface area contributed by atoms with E-state index in [4.69, 9.17) is 11.6 Å². The minimum atomic E-state index is 0.275. The molecule has 0 atom stereocenters. The largest absolute Gasteiger partial charge is 0.344 e. The van der Waals surface area contributed by atoms with E-state index < -0.39 is 0 Å². The van der Waals surface area contributed by atoms with Crippen molar-refractivity contribution in [3.63, 3.8) is 0 Å². The second kappa shape index (κ2) is 3.96. The van der Waals surface area contributed by atoms with Crippen LogP contribution in [0.25, 0.3) is 0 Å². The normalized spacial score (nSPS) is 17.6. The van der Waals surface area contributed by atoms with Crippen LogP contribution in [0.15, 0.2) is 0 Å². The number of alkyl halides is 1. The zero-order valence-corrected chi connectivity index (χ0v) is 7.60. The fourth-order valence-electron chi connectivity index (χ4n) is 1.20. The Hall–Kier alpha value is -0.240. The summed E-state index contributed by atoms with van der Waals surface area (Å²) in [5.41, 5.74) is 0. The van der Waals surface area contributed by atoms with E-state index in [1.54, 1.807) is 4.90 Å². The molecule has 0 spiro atoms. The molecule has 0 aliphatic heterocycles. The van der Waals surface area contributed by atoms with E-state index in [0.29, 0.717) is 18.3 Å². The molecule has 1 saturated carbocycles. The molecule has 0 bridgehead atoms. The Balaban J connectivity index is 2.27. The van der Waals surface area contributed by atoms with Gasteiger partial charge in [-0.2, -0.15) is 0 Å². The van der Waals surface area contributed by atoms with Crippen LogP contribution in [0.5, 0.6) is 0 Å². The van der Waals surface area contributed by atoms with Crippen molar-refractivity contribution in [2.45, 2.75) is 19.3 Å². The van der Waals surface area contributed by atoms with Crippen molar-refractivity contribution in [1.29, 1.82) is 0 Å². The molecule has 0 radical (unpaired) electrons. The van der Waals surface area contributed by atoms with Crippen molar-refractivity contribution in [1.82, 2.24) is 4.90 Å². The van der Waals surface area contributed by atoms with Crippen molar-refractivity contribution in [2.24, 2.45) is 5.92 Å². The average molecular weight is 176 g/mol. The van der Waals surface area contributed by atoms with Crippen molar-refractivity contribution in [3.05, 3.63) is 0 Å². The molecule has 0 aromatic heterocycles. The zero-order valence-electron chi connectivity index (χ0n) is 6.85. The summed E-state index contributed by atoms with van der Waals surface area (Å²) in [5.74, 6) is 1.12. The van der Waals surface area contributed by atoms with Crippen LogP contribution in [-0.2, 0) is 4.79 Å². The lowest BCUT2D eigenvalue weighted by atomic mass is 9.84. The number of rotatable bonds is 3. The van der Waals surface area contributed by atoms with Gasteiger partial charge in [0.2, 0.25) is 5.91 Å². The molecule has 0 unspecified atom stereocenters. The fraction of sp³-hybridized carbons (Fsp3) is 0.875. The summed E-state index contributed by atoms with van der Waals surface area (Å²) in [7, 11) is 1.82. The Bertz CT molecular complexity index is 145. The minimum absolute atomic E-state index is 0.275. The molecule has 11 heavy (non-hydrogen) atoms. The molecule has 0 aromatic rings. The van der Waals surface area contributed by atoms with E-state index in [2.05, 4.69) is 0 Å². The Kier molecular flexibility index (Phi) is 3.18. The van der Waals surface area contributed by atoms with Crippen LogP contribution in [0, 0.1) is 5.92 Å². The van der Waals surface area contributed by atoms with Crippen LogP contribution in [0.4, 0.5) is 0 Å². The molecule has 1 rings (SSSR count). The number of hydrogen-bond donors (Lipinski definition) is 0. The molecule has 0 N–H and O–H groups in total. The topological polar surface area (TPSA) is 20.3 Å². The van der Waals surface area contributed by atoms with Gasteiger partial charge in [0.15, 0.2) is 0 Å². The first-order chi connectivity index (χ1) is 5.25. The highest BCUT2D eigenvalue weighted by Crippen LogP contribution is 2.27. The summed E-state index contributed by atoms with van der Waals surface area (Å²) in [4.78, 5) is 13.1. The molecular weight excluding hydrogens is 162 g/mol. The van der Waals surface area contributed by atoms with E-state index in [1.165, 1.54) is 6.42 Å². The van der Waals surface area contributed by atoms with Gasteiger partial charge in [-0.25, -0.2) is 0 Å². The number of nitrogens with zero attached hydrogens (tertiary/aromatic N) is 1. The quantitative estimate of drug-likeness (QED) is 0.596. The van der Waals surface area contributed by atoms with Crippen LogP contribution in [0.2, 0.25) is 0 Å². The molecule has 0 aromatic carbocycles. The van der Waals surface area contributed by atoms with Crippen molar-refractivity contribution in [3.8, 4) is 0 Å².